The van der Waals surface area contributed by atoms with Gasteiger partial charge in [0.15, 0.2) is 0 Å². The summed E-state index contributed by atoms with van der Waals surface area (Å²) < 4.78 is 0. The number of Topliss-reactive ketones (excluding diaryl/α,β-unsaturated/α-hetero) is 1. The number of nitro benzene ring substituents is 1. The molecule has 1 atom stereocenters. The highest BCUT2D eigenvalue weighted by Gasteiger charge is 2.46. The van der Waals surface area contributed by atoms with Gasteiger partial charge in [0.05, 0.1) is 16.5 Å². The van der Waals surface area contributed by atoms with E-state index in [-0.39, 0.29) is 22.6 Å². The summed E-state index contributed by atoms with van der Waals surface area (Å²) in [5, 5.41) is 21.9. The molecule has 1 aliphatic rings. The molecule has 8 nitrogen and oxygen atoms in total. The van der Waals surface area contributed by atoms with Crippen LogP contribution in [0.4, 0.5) is 5.69 Å². The predicted molar refractivity (Wildman–Crippen MR) is 116 cm³/mol. The molecule has 0 bridgehead atoms. The monoisotopic (exact) mass is 423 g/mol. The summed E-state index contributed by atoms with van der Waals surface area (Å²) in [5.74, 6) is -1.75. The molecule has 31 heavy (non-hydrogen) atoms. The van der Waals surface area contributed by atoms with Gasteiger partial charge in [-0.3, -0.25) is 19.7 Å². The largest absolute Gasteiger partial charge is 0.507 e. The third-order valence-electron chi connectivity index (χ3n) is 5.38. The molecule has 162 valence electrons. The van der Waals surface area contributed by atoms with E-state index in [1.807, 2.05) is 50.2 Å². The Balaban J connectivity index is 2.10. The standard InChI is InChI=1S/C23H25N3O5/c1-15-7-4-5-8-18(15)20-19(21(27)16-9-11-17(12-10-16)26(30)31)22(28)23(29)25(20)14-6-13-24(2)3/h4-5,7-12,20,27H,6,13-14H2,1-3H3/b21-19+. The Morgan fingerprint density at radius 3 is 2.35 bits per heavy atom. The molecule has 1 aliphatic heterocycles. The maximum Gasteiger partial charge on any atom is 0.295 e. The molecule has 2 aromatic carbocycles. The lowest BCUT2D eigenvalue weighted by Gasteiger charge is -2.27. The molecule has 3 rings (SSSR count). The Morgan fingerprint density at radius 2 is 1.77 bits per heavy atom. The third-order valence-corrected chi connectivity index (χ3v) is 5.38. The first kappa shape index (κ1) is 22.2. The molecule has 1 saturated heterocycles. The summed E-state index contributed by atoms with van der Waals surface area (Å²) in [4.78, 5) is 39.7. The SMILES string of the molecule is Cc1ccccc1C1/C(=C(\O)c2ccc([N+](=O)[O-])cc2)C(=O)C(=O)N1CCCN(C)C. The smallest absolute Gasteiger partial charge is 0.295 e. The number of aliphatic hydroxyl groups excluding tert-OH is 1. The van der Waals surface area contributed by atoms with Crippen LogP contribution in [0, 0.1) is 17.0 Å². The second-order valence-corrected chi connectivity index (χ2v) is 7.81. The minimum atomic E-state index is -0.756. The Labute approximate surface area is 180 Å². The van der Waals surface area contributed by atoms with Crippen molar-refractivity contribution in [3.05, 3.63) is 80.9 Å². The predicted octanol–water partition coefficient (Wildman–Crippen LogP) is 3.28. The molecule has 1 unspecified atom stereocenters. The average molecular weight is 423 g/mol. The summed E-state index contributed by atoms with van der Waals surface area (Å²) in [6.45, 7) is 2.99. The third kappa shape index (κ3) is 4.49. The molecule has 2 aromatic rings. The normalized spacial score (nSPS) is 18.1. The van der Waals surface area contributed by atoms with Gasteiger partial charge in [-0.25, -0.2) is 0 Å². The van der Waals surface area contributed by atoms with Gasteiger partial charge in [0.25, 0.3) is 17.4 Å². The first-order valence-corrected chi connectivity index (χ1v) is 9.96. The van der Waals surface area contributed by atoms with Crippen LogP contribution in [0.3, 0.4) is 0 Å². The van der Waals surface area contributed by atoms with Crippen LogP contribution in [0.25, 0.3) is 5.76 Å². The van der Waals surface area contributed by atoms with E-state index in [0.29, 0.717) is 13.0 Å². The van der Waals surface area contributed by atoms with Crippen molar-refractivity contribution in [3.63, 3.8) is 0 Å². The lowest BCUT2D eigenvalue weighted by Crippen LogP contribution is -2.32. The molecule has 1 fully saturated rings. The van der Waals surface area contributed by atoms with Crippen molar-refractivity contribution in [2.24, 2.45) is 0 Å². The minimum Gasteiger partial charge on any atom is -0.507 e. The van der Waals surface area contributed by atoms with Crippen LogP contribution in [-0.4, -0.2) is 58.7 Å². The van der Waals surface area contributed by atoms with Gasteiger partial charge in [-0.2, -0.15) is 0 Å². The fourth-order valence-electron chi connectivity index (χ4n) is 3.78. The fraction of sp³-hybridized carbons (Fsp3) is 0.304. The van der Waals surface area contributed by atoms with Gasteiger partial charge in [0, 0.05) is 24.2 Å². The number of nitro groups is 1. The van der Waals surface area contributed by atoms with E-state index in [2.05, 4.69) is 0 Å². The zero-order valence-corrected chi connectivity index (χ0v) is 17.7. The molecule has 0 aromatic heterocycles. The zero-order chi connectivity index (χ0) is 22.7. The molecule has 1 amide bonds. The van der Waals surface area contributed by atoms with Gasteiger partial charge in [0.1, 0.15) is 5.76 Å². The van der Waals surface area contributed by atoms with E-state index in [9.17, 15) is 24.8 Å². The van der Waals surface area contributed by atoms with Crippen LogP contribution in [0.1, 0.15) is 29.2 Å². The van der Waals surface area contributed by atoms with Crippen molar-refractivity contribution in [2.45, 2.75) is 19.4 Å². The molecule has 0 spiro atoms. The number of benzene rings is 2. The highest BCUT2D eigenvalue weighted by molar-refractivity contribution is 6.46. The van der Waals surface area contributed by atoms with E-state index in [0.717, 1.165) is 17.7 Å². The van der Waals surface area contributed by atoms with Crippen molar-refractivity contribution in [1.29, 1.82) is 0 Å². The number of carbonyl (C=O) groups excluding carboxylic acids is 2. The number of nitrogens with zero attached hydrogens (tertiary/aromatic N) is 3. The maximum absolute atomic E-state index is 13.0. The number of likely N-dealkylation sites (tertiary alicyclic amines) is 1. The van der Waals surface area contributed by atoms with E-state index in [1.54, 1.807) is 0 Å². The van der Waals surface area contributed by atoms with E-state index in [1.165, 1.54) is 29.2 Å². The summed E-state index contributed by atoms with van der Waals surface area (Å²) in [6, 6.07) is 12.0. The lowest BCUT2D eigenvalue weighted by atomic mass is 9.92. The Kier molecular flexibility index (Phi) is 6.50. The van der Waals surface area contributed by atoms with Gasteiger partial charge < -0.3 is 14.9 Å². The number of ketones is 1. The number of aryl methyl sites for hydroxylation is 1. The number of amides is 1. The van der Waals surface area contributed by atoms with Crippen molar-refractivity contribution >= 4 is 23.1 Å². The van der Waals surface area contributed by atoms with Crippen LogP contribution >= 0.6 is 0 Å². The van der Waals surface area contributed by atoms with E-state index >= 15 is 0 Å². The maximum atomic E-state index is 13.0. The van der Waals surface area contributed by atoms with Crippen molar-refractivity contribution in [3.8, 4) is 0 Å². The summed E-state index contributed by atoms with van der Waals surface area (Å²) in [5.41, 5.74) is 1.77. The van der Waals surface area contributed by atoms with Crippen LogP contribution in [0.2, 0.25) is 0 Å². The number of rotatable bonds is 7. The van der Waals surface area contributed by atoms with Crippen LogP contribution in [0.15, 0.2) is 54.1 Å². The van der Waals surface area contributed by atoms with Crippen LogP contribution in [-0.2, 0) is 9.59 Å². The average Bonchev–Trinajstić information content (AvgIpc) is 2.98. The Hall–Kier alpha value is -3.52. The summed E-state index contributed by atoms with van der Waals surface area (Å²) >= 11 is 0. The molecular weight excluding hydrogens is 398 g/mol. The molecule has 0 aliphatic carbocycles. The van der Waals surface area contributed by atoms with Crippen LogP contribution < -0.4 is 0 Å². The van der Waals surface area contributed by atoms with Gasteiger partial charge in [0.2, 0.25) is 0 Å². The topological polar surface area (TPSA) is 104 Å². The number of aliphatic hydroxyl groups is 1. The van der Waals surface area contributed by atoms with Gasteiger partial charge >= 0.3 is 0 Å². The van der Waals surface area contributed by atoms with E-state index in [4.69, 9.17) is 0 Å². The highest BCUT2D eigenvalue weighted by Crippen LogP contribution is 2.40. The molecule has 0 saturated carbocycles. The molecule has 1 N–H and O–H groups in total. The molecule has 1 heterocycles. The summed E-state index contributed by atoms with van der Waals surface area (Å²) in [7, 11) is 3.86. The number of non-ortho nitro benzene ring substituents is 1. The second kappa shape index (κ2) is 9.09. The van der Waals surface area contributed by atoms with Crippen molar-refractivity contribution < 1.29 is 19.6 Å². The van der Waals surface area contributed by atoms with Crippen molar-refractivity contribution in [1.82, 2.24) is 9.80 Å². The molecular formula is C23H25N3O5. The first-order valence-electron chi connectivity index (χ1n) is 9.96. The van der Waals surface area contributed by atoms with E-state index < -0.39 is 22.7 Å². The molecule has 0 radical (unpaired) electrons. The molecule has 8 heteroatoms. The quantitative estimate of drug-likeness (QED) is 0.241. The fourth-order valence-corrected chi connectivity index (χ4v) is 3.78. The van der Waals surface area contributed by atoms with Crippen LogP contribution in [0.5, 0.6) is 0 Å². The number of hydrogen-bond acceptors (Lipinski definition) is 6. The minimum absolute atomic E-state index is 0.00185. The van der Waals surface area contributed by atoms with Gasteiger partial charge in [-0.15, -0.1) is 0 Å². The second-order valence-electron chi connectivity index (χ2n) is 7.81. The highest BCUT2D eigenvalue weighted by atomic mass is 16.6. The number of carbonyl (C=O) groups is 2. The van der Waals surface area contributed by atoms with Crippen molar-refractivity contribution in [2.75, 3.05) is 27.2 Å². The van der Waals surface area contributed by atoms with Gasteiger partial charge in [-0.1, -0.05) is 24.3 Å². The Morgan fingerprint density at radius 1 is 1.13 bits per heavy atom. The zero-order valence-electron chi connectivity index (χ0n) is 17.7. The Bertz CT molecular complexity index is 1040. The van der Waals surface area contributed by atoms with Gasteiger partial charge in [-0.05, 0) is 57.2 Å². The first-order chi connectivity index (χ1) is 14.7. The summed E-state index contributed by atoms with van der Waals surface area (Å²) in [6.07, 6.45) is 0.667. The lowest BCUT2D eigenvalue weighted by molar-refractivity contribution is -0.384. The number of hydrogen-bond donors (Lipinski definition) is 1.